The van der Waals surface area contributed by atoms with Gasteiger partial charge in [0.1, 0.15) is 5.82 Å². The minimum Gasteiger partial charge on any atom is -0.370 e. The zero-order valence-electron chi connectivity index (χ0n) is 5.61. The van der Waals surface area contributed by atoms with Gasteiger partial charge in [0.05, 0.1) is 0 Å². The maximum absolute atomic E-state index is 10.6. The van der Waals surface area contributed by atoms with Crippen molar-refractivity contribution in [2.45, 2.75) is 0 Å². The van der Waals surface area contributed by atoms with Crippen molar-refractivity contribution in [2.75, 3.05) is 0 Å². The first-order valence-electron chi connectivity index (χ1n) is 2.83. The van der Waals surface area contributed by atoms with Crippen LogP contribution in [0.3, 0.4) is 0 Å². The van der Waals surface area contributed by atoms with Gasteiger partial charge in [-0.1, -0.05) is 0 Å². The third-order valence-corrected chi connectivity index (χ3v) is 0.909. The van der Waals surface area contributed by atoms with Crippen molar-refractivity contribution >= 4 is 11.8 Å². The van der Waals surface area contributed by atoms with Gasteiger partial charge in [-0.2, -0.15) is 4.99 Å². The number of hydrogen-bond donors (Lipinski definition) is 3. The Kier molecular flexibility index (Phi) is 1.86. The summed E-state index contributed by atoms with van der Waals surface area (Å²) in [4.78, 5) is 19.9. The molecule has 0 saturated heterocycles. The lowest BCUT2D eigenvalue weighted by Crippen LogP contribution is -2.22. The van der Waals surface area contributed by atoms with Crippen molar-refractivity contribution in [2.24, 2.45) is 16.5 Å². The van der Waals surface area contributed by atoms with Gasteiger partial charge < -0.3 is 11.5 Å². The zero-order chi connectivity index (χ0) is 8.27. The average Bonchev–Trinajstić information content (AvgIpc) is 1.85. The van der Waals surface area contributed by atoms with Gasteiger partial charge in [-0.15, -0.1) is 0 Å². The van der Waals surface area contributed by atoms with Gasteiger partial charge in [0.25, 0.3) is 0 Å². The van der Waals surface area contributed by atoms with Crippen molar-refractivity contribution in [3.63, 3.8) is 0 Å². The molecule has 0 spiro atoms. The number of aromatic amines is 1. The van der Waals surface area contributed by atoms with E-state index < -0.39 is 5.69 Å². The first kappa shape index (κ1) is 7.26. The van der Waals surface area contributed by atoms with Gasteiger partial charge in [-0.25, -0.2) is 9.78 Å². The van der Waals surface area contributed by atoms with E-state index in [0.29, 0.717) is 5.82 Å². The number of rotatable bonds is 1. The van der Waals surface area contributed by atoms with Crippen LogP contribution in [0.2, 0.25) is 0 Å². The summed E-state index contributed by atoms with van der Waals surface area (Å²) in [5, 5.41) is 0. The molecule has 0 radical (unpaired) electrons. The fourth-order valence-corrected chi connectivity index (χ4v) is 0.563. The summed E-state index contributed by atoms with van der Waals surface area (Å²) in [5.74, 6) is 0.192. The number of aliphatic imine (C=N–C) groups is 1. The van der Waals surface area contributed by atoms with E-state index in [1.165, 1.54) is 12.3 Å². The Hall–Kier alpha value is -1.85. The molecule has 0 aliphatic carbocycles. The molecule has 0 aromatic carbocycles. The molecule has 1 heterocycles. The predicted molar refractivity (Wildman–Crippen MR) is 40.3 cm³/mol. The summed E-state index contributed by atoms with van der Waals surface area (Å²) in [6.07, 6.45) is 1.32. The molecule has 0 aliphatic rings. The van der Waals surface area contributed by atoms with Gasteiger partial charge in [0, 0.05) is 6.20 Å². The largest absolute Gasteiger partial charge is 0.370 e. The van der Waals surface area contributed by atoms with Crippen LogP contribution in [0.25, 0.3) is 0 Å². The number of hydrogen-bond acceptors (Lipinski definition) is 3. The van der Waals surface area contributed by atoms with E-state index in [4.69, 9.17) is 11.5 Å². The standard InChI is InChI=1S/C5H7N5O/c6-4(7)9-3-1-2-8-5(11)10-3/h1-2H,(H5,6,7,8,9,10,11). The molecule has 11 heavy (non-hydrogen) atoms. The fourth-order valence-electron chi connectivity index (χ4n) is 0.563. The molecule has 0 fully saturated rings. The molecule has 0 amide bonds. The number of nitrogens with zero attached hydrogens (tertiary/aromatic N) is 2. The van der Waals surface area contributed by atoms with E-state index in [0.717, 1.165) is 0 Å². The number of H-pyrrole nitrogens is 1. The average molecular weight is 153 g/mol. The molecule has 6 nitrogen and oxygen atoms in total. The maximum atomic E-state index is 10.6. The molecular formula is C5H7N5O. The Balaban J connectivity index is 3.07. The number of guanidine groups is 1. The molecule has 1 rings (SSSR count). The third-order valence-electron chi connectivity index (χ3n) is 0.909. The summed E-state index contributed by atoms with van der Waals surface area (Å²) in [6, 6.07) is 1.49. The van der Waals surface area contributed by atoms with Crippen LogP contribution in [0.15, 0.2) is 22.1 Å². The van der Waals surface area contributed by atoms with Crippen molar-refractivity contribution in [3.05, 3.63) is 22.7 Å². The summed E-state index contributed by atoms with van der Waals surface area (Å²) in [6.45, 7) is 0. The Morgan fingerprint density at radius 1 is 1.64 bits per heavy atom. The van der Waals surface area contributed by atoms with Crippen LogP contribution in [-0.4, -0.2) is 15.9 Å². The summed E-state index contributed by atoms with van der Waals surface area (Å²) >= 11 is 0. The number of aromatic nitrogens is 2. The third kappa shape index (κ3) is 2.09. The van der Waals surface area contributed by atoms with Crippen LogP contribution < -0.4 is 17.2 Å². The Morgan fingerprint density at radius 2 is 2.36 bits per heavy atom. The highest BCUT2D eigenvalue weighted by molar-refractivity contribution is 5.78. The quantitative estimate of drug-likeness (QED) is 0.343. The van der Waals surface area contributed by atoms with Crippen LogP contribution in [-0.2, 0) is 0 Å². The fraction of sp³-hybridized carbons (Fsp3) is 0. The Labute approximate surface area is 62.0 Å². The lowest BCUT2D eigenvalue weighted by atomic mass is 10.6. The highest BCUT2D eigenvalue weighted by Gasteiger charge is 1.89. The summed E-state index contributed by atoms with van der Waals surface area (Å²) in [7, 11) is 0. The first-order chi connectivity index (χ1) is 5.18. The van der Waals surface area contributed by atoms with Gasteiger partial charge in [-0.05, 0) is 6.07 Å². The molecule has 0 saturated carbocycles. The minimum absolute atomic E-state index is 0.105. The van der Waals surface area contributed by atoms with E-state index in [-0.39, 0.29) is 5.96 Å². The Bertz CT molecular complexity index is 324. The van der Waals surface area contributed by atoms with Crippen LogP contribution in [0.5, 0.6) is 0 Å². The van der Waals surface area contributed by atoms with Gasteiger partial charge in [0.2, 0.25) is 0 Å². The Morgan fingerprint density at radius 3 is 2.91 bits per heavy atom. The van der Waals surface area contributed by atoms with Gasteiger partial charge >= 0.3 is 5.69 Å². The molecule has 5 N–H and O–H groups in total. The molecule has 0 atom stereocenters. The second-order valence-corrected chi connectivity index (χ2v) is 1.80. The van der Waals surface area contributed by atoms with E-state index in [2.05, 4.69) is 15.0 Å². The van der Waals surface area contributed by atoms with Crippen molar-refractivity contribution in [1.82, 2.24) is 9.97 Å². The molecule has 1 aromatic rings. The normalized spacial score (nSPS) is 9.09. The summed E-state index contributed by atoms with van der Waals surface area (Å²) < 4.78 is 0. The van der Waals surface area contributed by atoms with Crippen LogP contribution in [0.1, 0.15) is 0 Å². The first-order valence-corrected chi connectivity index (χ1v) is 2.83. The summed E-state index contributed by atoms with van der Waals surface area (Å²) in [5.41, 5.74) is 9.64. The second-order valence-electron chi connectivity index (χ2n) is 1.80. The number of nitrogens with one attached hydrogen (secondary N) is 1. The van der Waals surface area contributed by atoms with Gasteiger partial charge in [0.15, 0.2) is 5.96 Å². The lowest BCUT2D eigenvalue weighted by Gasteiger charge is -1.91. The molecule has 58 valence electrons. The van der Waals surface area contributed by atoms with Crippen LogP contribution >= 0.6 is 0 Å². The molecular weight excluding hydrogens is 146 g/mol. The molecule has 1 aromatic heterocycles. The van der Waals surface area contributed by atoms with Crippen molar-refractivity contribution in [3.8, 4) is 0 Å². The highest BCUT2D eigenvalue weighted by Crippen LogP contribution is 1.99. The van der Waals surface area contributed by atoms with E-state index in [9.17, 15) is 4.79 Å². The van der Waals surface area contributed by atoms with Crippen molar-refractivity contribution in [1.29, 1.82) is 0 Å². The van der Waals surface area contributed by atoms with E-state index in [1.807, 2.05) is 0 Å². The smallest absolute Gasteiger partial charge is 0.346 e. The predicted octanol–water partition coefficient (Wildman–Crippen LogP) is -1.33. The lowest BCUT2D eigenvalue weighted by molar-refractivity contribution is 1.06. The molecule has 0 unspecified atom stereocenters. The number of nitrogens with two attached hydrogens (primary N) is 2. The second kappa shape index (κ2) is 2.82. The molecule has 6 heteroatoms. The monoisotopic (exact) mass is 153 g/mol. The topological polar surface area (TPSA) is 110 Å². The van der Waals surface area contributed by atoms with Crippen molar-refractivity contribution < 1.29 is 0 Å². The van der Waals surface area contributed by atoms with E-state index in [1.54, 1.807) is 0 Å². The highest BCUT2D eigenvalue weighted by atomic mass is 16.1. The maximum Gasteiger partial charge on any atom is 0.346 e. The van der Waals surface area contributed by atoms with Crippen LogP contribution in [0.4, 0.5) is 5.82 Å². The minimum atomic E-state index is -0.479. The zero-order valence-corrected chi connectivity index (χ0v) is 5.61. The SMILES string of the molecule is NC(N)=Nc1ccnc(=O)[nH]1. The van der Waals surface area contributed by atoms with Crippen LogP contribution in [0, 0.1) is 0 Å². The molecule has 0 aliphatic heterocycles. The van der Waals surface area contributed by atoms with E-state index >= 15 is 0 Å². The molecule has 0 bridgehead atoms. The van der Waals surface area contributed by atoms with Gasteiger partial charge in [-0.3, -0.25) is 4.98 Å².